The van der Waals surface area contributed by atoms with E-state index in [1.165, 1.54) is 20.2 Å². The van der Waals surface area contributed by atoms with Gasteiger partial charge in [-0.05, 0) is 90.0 Å². The molecule has 0 aliphatic carbocycles. The van der Waals surface area contributed by atoms with Crippen LogP contribution in [0.3, 0.4) is 0 Å². The Morgan fingerprint density at radius 1 is 0.463 bits per heavy atom. The number of fused-ring (bicyclic) bond motifs is 6. The zero-order valence-corrected chi connectivity index (χ0v) is 24.0. The number of thiophene rings is 1. The number of benzene rings is 6. The van der Waals surface area contributed by atoms with Gasteiger partial charge in [0, 0.05) is 64.1 Å². The van der Waals surface area contributed by atoms with Gasteiger partial charge in [0.05, 0.1) is 0 Å². The summed E-state index contributed by atoms with van der Waals surface area (Å²) in [5.74, 6) is 0. The lowest BCUT2D eigenvalue weighted by Gasteiger charge is -2.25. The second-order valence-electron chi connectivity index (χ2n) is 10.1. The van der Waals surface area contributed by atoms with Gasteiger partial charge in [-0.2, -0.15) is 0 Å². The molecular formula is C36H21Cl2NOS. The zero-order chi connectivity index (χ0) is 27.5. The number of halogens is 2. The predicted molar refractivity (Wildman–Crippen MR) is 177 cm³/mol. The molecule has 196 valence electrons. The minimum absolute atomic E-state index is 0.615. The van der Waals surface area contributed by atoms with Crippen molar-refractivity contribution in [1.29, 1.82) is 0 Å². The molecule has 0 saturated heterocycles. The lowest BCUT2D eigenvalue weighted by atomic mass is 10.0. The second-order valence-corrected chi connectivity index (χ2v) is 12.1. The van der Waals surface area contributed by atoms with Crippen LogP contribution in [-0.2, 0) is 0 Å². The van der Waals surface area contributed by atoms with Crippen molar-refractivity contribution in [1.82, 2.24) is 0 Å². The van der Waals surface area contributed by atoms with Crippen LogP contribution in [0.2, 0.25) is 10.0 Å². The largest absolute Gasteiger partial charge is 0.456 e. The van der Waals surface area contributed by atoms with E-state index in [4.69, 9.17) is 27.6 Å². The van der Waals surface area contributed by atoms with Crippen molar-refractivity contribution in [3.8, 4) is 11.1 Å². The summed E-state index contributed by atoms with van der Waals surface area (Å²) in [6.45, 7) is 0. The highest BCUT2D eigenvalue weighted by atomic mass is 35.5. The molecule has 0 unspecified atom stereocenters. The molecule has 0 spiro atoms. The van der Waals surface area contributed by atoms with Crippen molar-refractivity contribution >= 4 is 93.7 Å². The van der Waals surface area contributed by atoms with Crippen LogP contribution in [0.5, 0.6) is 0 Å². The Hall–Kier alpha value is -4.28. The molecule has 2 heterocycles. The van der Waals surface area contributed by atoms with Gasteiger partial charge in [0.15, 0.2) is 0 Å². The SMILES string of the molecule is Clc1cc(Cl)cc(-c2ccc3oc4cc(N(c5ccccc5)c5ccc6sc7ccccc7c6c5)ccc4c3c2)c1. The van der Waals surface area contributed by atoms with Crippen molar-refractivity contribution in [3.63, 3.8) is 0 Å². The molecule has 0 atom stereocenters. The van der Waals surface area contributed by atoms with Gasteiger partial charge in [0.2, 0.25) is 0 Å². The van der Waals surface area contributed by atoms with E-state index in [1.54, 1.807) is 6.07 Å². The molecule has 0 aliphatic heterocycles. The molecule has 41 heavy (non-hydrogen) atoms. The second kappa shape index (κ2) is 9.67. The summed E-state index contributed by atoms with van der Waals surface area (Å²) in [7, 11) is 0. The highest BCUT2D eigenvalue weighted by Gasteiger charge is 2.17. The molecule has 0 radical (unpaired) electrons. The van der Waals surface area contributed by atoms with E-state index in [0.29, 0.717) is 10.0 Å². The molecule has 0 amide bonds. The molecule has 0 bridgehead atoms. The Balaban J connectivity index is 1.28. The van der Waals surface area contributed by atoms with Crippen LogP contribution in [-0.4, -0.2) is 0 Å². The Kier molecular flexibility index (Phi) is 5.78. The smallest absolute Gasteiger partial charge is 0.137 e. The van der Waals surface area contributed by atoms with Gasteiger partial charge in [0.1, 0.15) is 11.2 Å². The maximum absolute atomic E-state index is 6.39. The van der Waals surface area contributed by atoms with Crippen LogP contribution >= 0.6 is 34.5 Å². The van der Waals surface area contributed by atoms with Gasteiger partial charge >= 0.3 is 0 Å². The van der Waals surface area contributed by atoms with E-state index in [9.17, 15) is 0 Å². The van der Waals surface area contributed by atoms with E-state index >= 15 is 0 Å². The third kappa shape index (κ3) is 4.25. The molecule has 0 aliphatic rings. The molecule has 6 aromatic carbocycles. The summed E-state index contributed by atoms with van der Waals surface area (Å²) in [6.07, 6.45) is 0. The number of hydrogen-bond donors (Lipinski definition) is 0. The first kappa shape index (κ1) is 24.5. The maximum atomic E-state index is 6.39. The number of nitrogens with zero attached hydrogens (tertiary/aromatic N) is 1. The third-order valence-corrected chi connectivity index (χ3v) is 9.13. The first-order valence-corrected chi connectivity index (χ1v) is 14.9. The van der Waals surface area contributed by atoms with Gasteiger partial charge in [0.25, 0.3) is 0 Å². The van der Waals surface area contributed by atoms with Crippen LogP contribution < -0.4 is 4.90 Å². The quantitative estimate of drug-likeness (QED) is 0.204. The summed E-state index contributed by atoms with van der Waals surface area (Å²) in [6, 6.07) is 44.1. The first-order chi connectivity index (χ1) is 20.1. The highest BCUT2D eigenvalue weighted by molar-refractivity contribution is 7.25. The molecule has 0 saturated carbocycles. The fourth-order valence-corrected chi connectivity index (χ4v) is 7.29. The van der Waals surface area contributed by atoms with E-state index in [2.05, 4.69) is 95.9 Å². The Morgan fingerprint density at radius 3 is 2.05 bits per heavy atom. The Morgan fingerprint density at radius 2 is 1.20 bits per heavy atom. The van der Waals surface area contributed by atoms with Crippen molar-refractivity contribution in [2.45, 2.75) is 0 Å². The number of rotatable bonds is 4. The molecule has 2 nitrogen and oxygen atoms in total. The summed E-state index contributed by atoms with van der Waals surface area (Å²) in [5, 5.41) is 5.89. The van der Waals surface area contributed by atoms with Gasteiger partial charge < -0.3 is 9.32 Å². The van der Waals surface area contributed by atoms with E-state index in [0.717, 1.165) is 50.1 Å². The van der Waals surface area contributed by atoms with Crippen molar-refractivity contribution in [2.75, 3.05) is 4.90 Å². The zero-order valence-electron chi connectivity index (χ0n) is 21.6. The van der Waals surface area contributed by atoms with Crippen LogP contribution in [0.15, 0.2) is 132 Å². The fourth-order valence-electron chi connectivity index (χ4n) is 5.68. The normalized spacial score (nSPS) is 11.7. The maximum Gasteiger partial charge on any atom is 0.137 e. The average molecular weight is 587 g/mol. The molecule has 2 aromatic heterocycles. The van der Waals surface area contributed by atoms with Crippen molar-refractivity contribution in [3.05, 3.63) is 137 Å². The number of para-hydroxylation sites is 1. The molecule has 8 rings (SSSR count). The van der Waals surface area contributed by atoms with Gasteiger partial charge in [-0.25, -0.2) is 0 Å². The summed E-state index contributed by atoms with van der Waals surface area (Å²) >= 11 is 14.4. The standard InChI is InChI=1S/C36H21Cl2NOS/c37-24-16-23(17-25(38)19-24)22-10-14-33-31(18-22)29-13-11-28(21-34(29)40-33)39(26-6-2-1-3-7-26)27-12-15-36-32(20-27)30-8-4-5-9-35(30)41-36/h1-21H. The predicted octanol–water partition coefficient (Wildman–Crippen LogP) is 12.4. The molecule has 0 fully saturated rings. The number of anilines is 3. The molecule has 8 aromatic rings. The van der Waals surface area contributed by atoms with Crippen molar-refractivity contribution < 1.29 is 4.42 Å². The van der Waals surface area contributed by atoms with E-state index in [-0.39, 0.29) is 0 Å². The number of furan rings is 1. The monoisotopic (exact) mass is 585 g/mol. The third-order valence-electron chi connectivity index (χ3n) is 7.54. The van der Waals surface area contributed by atoms with Gasteiger partial charge in [-0.1, -0.05) is 65.7 Å². The lowest BCUT2D eigenvalue weighted by Crippen LogP contribution is -2.09. The lowest BCUT2D eigenvalue weighted by molar-refractivity contribution is 0.669. The average Bonchev–Trinajstić information content (AvgIpc) is 3.54. The van der Waals surface area contributed by atoms with Crippen LogP contribution in [0.25, 0.3) is 53.2 Å². The van der Waals surface area contributed by atoms with Gasteiger partial charge in [-0.3, -0.25) is 0 Å². The van der Waals surface area contributed by atoms with Crippen molar-refractivity contribution in [2.24, 2.45) is 0 Å². The van der Waals surface area contributed by atoms with E-state index in [1.807, 2.05) is 41.7 Å². The van der Waals surface area contributed by atoms with Gasteiger partial charge in [-0.15, -0.1) is 11.3 Å². The summed E-state index contributed by atoms with van der Waals surface area (Å²) < 4.78 is 8.98. The molecule has 0 N–H and O–H groups in total. The molecular weight excluding hydrogens is 565 g/mol. The minimum atomic E-state index is 0.615. The topological polar surface area (TPSA) is 16.4 Å². The Bertz CT molecular complexity index is 2230. The molecule has 5 heteroatoms. The fraction of sp³-hybridized carbons (Fsp3) is 0. The highest BCUT2D eigenvalue weighted by Crippen LogP contribution is 2.42. The van der Waals surface area contributed by atoms with Crippen LogP contribution in [0.4, 0.5) is 17.1 Å². The van der Waals surface area contributed by atoms with Crippen LogP contribution in [0.1, 0.15) is 0 Å². The van der Waals surface area contributed by atoms with Crippen LogP contribution in [0, 0.1) is 0 Å². The first-order valence-electron chi connectivity index (χ1n) is 13.3. The summed E-state index contributed by atoms with van der Waals surface area (Å²) in [4.78, 5) is 2.29. The Labute approximate surface area is 250 Å². The minimum Gasteiger partial charge on any atom is -0.456 e. The van der Waals surface area contributed by atoms with E-state index < -0.39 is 0 Å². The number of hydrogen-bond acceptors (Lipinski definition) is 3. The summed E-state index contributed by atoms with van der Waals surface area (Å²) in [5.41, 5.74) is 6.90.